The molecule has 1 aromatic heterocycles. The molecule has 0 amide bonds. The van der Waals surface area contributed by atoms with Gasteiger partial charge in [-0.25, -0.2) is 9.18 Å². The molecule has 0 saturated carbocycles. The van der Waals surface area contributed by atoms with Gasteiger partial charge in [-0.1, -0.05) is 0 Å². The normalized spacial score (nSPS) is 10.7. The van der Waals surface area contributed by atoms with Crippen LogP contribution in [0.4, 0.5) is 4.39 Å². The lowest BCUT2D eigenvalue weighted by molar-refractivity contribution is 0.0689. The molecule has 0 aliphatic rings. The highest BCUT2D eigenvalue weighted by atomic mass is 19.1. The van der Waals surface area contributed by atoms with Crippen molar-refractivity contribution in [2.24, 2.45) is 7.05 Å². The summed E-state index contributed by atoms with van der Waals surface area (Å²) in [4.78, 5) is 11.0. The molecule has 1 N–H and O–H groups in total. The third-order valence-electron chi connectivity index (χ3n) is 3.02. The van der Waals surface area contributed by atoms with Gasteiger partial charge in [0.05, 0.1) is 19.4 Å². The molecule has 0 atom stereocenters. The summed E-state index contributed by atoms with van der Waals surface area (Å²) in [6.45, 7) is 0.164. The first-order chi connectivity index (χ1) is 9.97. The molecule has 0 fully saturated rings. The van der Waals surface area contributed by atoms with Gasteiger partial charge in [0.2, 0.25) is 0 Å². The standard InChI is InChI=1S/C14H15FN2O4/c1-17-11(6-10(16-17)14(18)19)13-8(7-20-2)4-9(15)5-12(13)21-3/h4-6H,7H2,1-3H3,(H,18,19). The van der Waals surface area contributed by atoms with Crippen LogP contribution in [0.5, 0.6) is 5.75 Å². The third-order valence-corrected chi connectivity index (χ3v) is 3.02. The molecule has 7 heteroatoms. The predicted molar refractivity (Wildman–Crippen MR) is 72.8 cm³/mol. The zero-order chi connectivity index (χ0) is 15.6. The van der Waals surface area contributed by atoms with E-state index in [1.165, 1.54) is 37.1 Å². The Hall–Kier alpha value is -2.41. The quantitative estimate of drug-likeness (QED) is 0.914. The number of aromatic nitrogens is 2. The molecule has 0 bridgehead atoms. The van der Waals surface area contributed by atoms with Crippen LogP contribution in [0, 0.1) is 5.82 Å². The Morgan fingerprint density at radius 3 is 2.62 bits per heavy atom. The lowest BCUT2D eigenvalue weighted by Crippen LogP contribution is -2.02. The van der Waals surface area contributed by atoms with Crippen LogP contribution < -0.4 is 4.74 Å². The molecular formula is C14H15FN2O4. The number of halogens is 1. The SMILES string of the molecule is COCc1cc(F)cc(OC)c1-c1cc(C(=O)O)nn1C. The van der Waals surface area contributed by atoms with Crippen LogP contribution in [-0.2, 0) is 18.4 Å². The van der Waals surface area contributed by atoms with Crippen molar-refractivity contribution in [1.29, 1.82) is 0 Å². The predicted octanol–water partition coefficient (Wildman–Crippen LogP) is 2.08. The number of methoxy groups -OCH3 is 2. The fourth-order valence-corrected chi connectivity index (χ4v) is 2.16. The topological polar surface area (TPSA) is 73.6 Å². The van der Waals surface area contributed by atoms with Gasteiger partial charge in [-0.2, -0.15) is 5.10 Å². The Morgan fingerprint density at radius 2 is 2.10 bits per heavy atom. The van der Waals surface area contributed by atoms with E-state index < -0.39 is 11.8 Å². The number of carboxylic acid groups (broad SMARTS) is 1. The lowest BCUT2D eigenvalue weighted by Gasteiger charge is -2.14. The van der Waals surface area contributed by atoms with Gasteiger partial charge in [-0.3, -0.25) is 4.68 Å². The Kier molecular flexibility index (Phi) is 4.23. The number of aryl methyl sites for hydroxylation is 1. The van der Waals surface area contributed by atoms with Crippen LogP contribution in [-0.4, -0.2) is 35.1 Å². The van der Waals surface area contributed by atoms with Crippen LogP contribution in [0.15, 0.2) is 18.2 Å². The Bertz CT molecular complexity index is 682. The second kappa shape index (κ2) is 5.92. The maximum Gasteiger partial charge on any atom is 0.356 e. The van der Waals surface area contributed by atoms with Crippen LogP contribution in [0.1, 0.15) is 16.1 Å². The van der Waals surface area contributed by atoms with Crippen molar-refractivity contribution in [3.8, 4) is 17.0 Å². The van der Waals surface area contributed by atoms with Crippen molar-refractivity contribution in [2.45, 2.75) is 6.61 Å². The molecule has 0 aliphatic carbocycles. The summed E-state index contributed by atoms with van der Waals surface area (Å²) in [6.07, 6.45) is 0. The fourth-order valence-electron chi connectivity index (χ4n) is 2.16. The van der Waals surface area contributed by atoms with Gasteiger partial charge in [-0.15, -0.1) is 0 Å². The number of benzene rings is 1. The highest BCUT2D eigenvalue weighted by Gasteiger charge is 2.20. The lowest BCUT2D eigenvalue weighted by atomic mass is 10.0. The highest BCUT2D eigenvalue weighted by molar-refractivity contribution is 5.87. The van der Waals surface area contributed by atoms with E-state index in [9.17, 15) is 9.18 Å². The smallest absolute Gasteiger partial charge is 0.356 e. The summed E-state index contributed by atoms with van der Waals surface area (Å²) in [5, 5.41) is 12.9. The van der Waals surface area contributed by atoms with Crippen LogP contribution in [0.3, 0.4) is 0 Å². The summed E-state index contributed by atoms with van der Waals surface area (Å²) in [5.74, 6) is -1.29. The number of carbonyl (C=O) groups is 1. The molecule has 2 aromatic rings. The zero-order valence-corrected chi connectivity index (χ0v) is 11.9. The van der Waals surface area contributed by atoms with E-state index in [4.69, 9.17) is 14.6 Å². The van der Waals surface area contributed by atoms with Crippen molar-refractivity contribution in [3.05, 3.63) is 35.3 Å². The van der Waals surface area contributed by atoms with E-state index in [0.29, 0.717) is 22.6 Å². The van der Waals surface area contributed by atoms with Gasteiger partial charge in [0.15, 0.2) is 5.69 Å². The molecule has 0 aliphatic heterocycles. The summed E-state index contributed by atoms with van der Waals surface area (Å²) < 4.78 is 25.3. The molecule has 0 saturated heterocycles. The molecule has 6 nitrogen and oxygen atoms in total. The van der Waals surface area contributed by atoms with Crippen molar-refractivity contribution in [1.82, 2.24) is 9.78 Å². The molecule has 1 aromatic carbocycles. The number of rotatable bonds is 5. The average molecular weight is 294 g/mol. The van der Waals surface area contributed by atoms with Gasteiger partial charge in [0.25, 0.3) is 0 Å². The van der Waals surface area contributed by atoms with Crippen LogP contribution >= 0.6 is 0 Å². The molecule has 0 unspecified atom stereocenters. The minimum absolute atomic E-state index is 0.0951. The summed E-state index contributed by atoms with van der Waals surface area (Å²) in [5.41, 5.74) is 1.52. The van der Waals surface area contributed by atoms with E-state index in [1.807, 2.05) is 0 Å². The number of ether oxygens (including phenoxy) is 2. The number of nitrogens with zero attached hydrogens (tertiary/aromatic N) is 2. The van der Waals surface area contributed by atoms with E-state index in [1.54, 1.807) is 7.05 Å². The Balaban J connectivity index is 2.69. The number of hydrogen-bond donors (Lipinski definition) is 1. The van der Waals surface area contributed by atoms with Gasteiger partial charge >= 0.3 is 5.97 Å². The van der Waals surface area contributed by atoms with Gasteiger partial charge in [0, 0.05) is 25.8 Å². The molecule has 0 radical (unpaired) electrons. The maximum atomic E-state index is 13.6. The Morgan fingerprint density at radius 1 is 1.38 bits per heavy atom. The Labute approximate surface area is 120 Å². The minimum atomic E-state index is -1.13. The van der Waals surface area contributed by atoms with E-state index in [-0.39, 0.29) is 12.3 Å². The fraction of sp³-hybridized carbons (Fsp3) is 0.286. The van der Waals surface area contributed by atoms with E-state index >= 15 is 0 Å². The highest BCUT2D eigenvalue weighted by Crippen LogP contribution is 2.35. The minimum Gasteiger partial charge on any atom is -0.496 e. The first-order valence-electron chi connectivity index (χ1n) is 6.11. The molecule has 1 heterocycles. The van der Waals surface area contributed by atoms with Crippen molar-refractivity contribution >= 4 is 5.97 Å². The van der Waals surface area contributed by atoms with E-state index in [0.717, 1.165) is 0 Å². The first-order valence-corrected chi connectivity index (χ1v) is 6.11. The monoisotopic (exact) mass is 294 g/mol. The average Bonchev–Trinajstić information content (AvgIpc) is 2.80. The van der Waals surface area contributed by atoms with E-state index in [2.05, 4.69) is 5.10 Å². The van der Waals surface area contributed by atoms with Gasteiger partial charge in [-0.05, 0) is 17.7 Å². The largest absolute Gasteiger partial charge is 0.496 e. The van der Waals surface area contributed by atoms with Crippen LogP contribution in [0.25, 0.3) is 11.3 Å². The molecule has 112 valence electrons. The number of aromatic carboxylic acids is 1. The maximum absolute atomic E-state index is 13.6. The summed E-state index contributed by atoms with van der Waals surface area (Å²) in [7, 11) is 4.53. The number of carboxylic acids is 1. The zero-order valence-electron chi connectivity index (χ0n) is 11.9. The molecular weight excluding hydrogens is 279 g/mol. The number of hydrogen-bond acceptors (Lipinski definition) is 4. The molecule has 2 rings (SSSR count). The summed E-state index contributed by atoms with van der Waals surface area (Å²) >= 11 is 0. The van der Waals surface area contributed by atoms with Crippen molar-refractivity contribution in [3.63, 3.8) is 0 Å². The summed E-state index contributed by atoms with van der Waals surface area (Å²) in [6, 6.07) is 3.98. The molecule has 21 heavy (non-hydrogen) atoms. The van der Waals surface area contributed by atoms with Gasteiger partial charge in [0.1, 0.15) is 11.6 Å². The first kappa shape index (κ1) is 15.0. The molecule has 0 spiro atoms. The third kappa shape index (κ3) is 2.87. The van der Waals surface area contributed by atoms with Gasteiger partial charge < -0.3 is 14.6 Å². The second-order valence-electron chi connectivity index (χ2n) is 4.42. The van der Waals surface area contributed by atoms with Crippen molar-refractivity contribution < 1.29 is 23.8 Å². The van der Waals surface area contributed by atoms with Crippen LogP contribution in [0.2, 0.25) is 0 Å². The second-order valence-corrected chi connectivity index (χ2v) is 4.42. The van der Waals surface area contributed by atoms with Crippen molar-refractivity contribution in [2.75, 3.05) is 14.2 Å².